The quantitative estimate of drug-likeness (QED) is 0.842. The van der Waals surface area contributed by atoms with Crippen LogP contribution in [0.3, 0.4) is 0 Å². The van der Waals surface area contributed by atoms with Crippen LogP contribution in [0.1, 0.15) is 25.3 Å². The summed E-state index contributed by atoms with van der Waals surface area (Å²) >= 11 is 0. The number of aliphatic hydroxyl groups excluding tert-OH is 1. The molecule has 1 rings (SSSR count). The van der Waals surface area contributed by atoms with Crippen molar-refractivity contribution in [2.45, 2.75) is 37.7 Å². The molecule has 0 aliphatic heterocycles. The molecule has 2 atom stereocenters. The highest BCUT2D eigenvalue weighted by molar-refractivity contribution is 7.85. The molecule has 0 unspecified atom stereocenters. The lowest BCUT2D eigenvalue weighted by Crippen LogP contribution is -2.17. The first-order chi connectivity index (χ1) is 7.99. The Bertz CT molecular complexity index is 398. The second-order valence-corrected chi connectivity index (χ2v) is 5.72. The van der Waals surface area contributed by atoms with Gasteiger partial charge in [-0.3, -0.25) is 4.21 Å². The number of hydrogen-bond acceptors (Lipinski definition) is 3. The molecule has 0 aliphatic carbocycles. The number of carbonyl (C=O) groups excluding carboxylic acids is 1. The molecule has 0 amide bonds. The number of ketones is 1. The van der Waals surface area contributed by atoms with Crippen LogP contribution in [-0.4, -0.2) is 27.0 Å². The third kappa shape index (κ3) is 5.24. The van der Waals surface area contributed by atoms with E-state index in [0.717, 1.165) is 10.5 Å². The molecule has 94 valence electrons. The predicted octanol–water partition coefficient (Wildman–Crippen LogP) is 1.83. The van der Waals surface area contributed by atoms with Gasteiger partial charge in [-0.25, -0.2) is 0 Å². The van der Waals surface area contributed by atoms with Crippen LogP contribution in [0.4, 0.5) is 0 Å². The highest BCUT2D eigenvalue weighted by Gasteiger charge is 2.11. The Labute approximate surface area is 104 Å². The molecule has 0 saturated carbocycles. The molecule has 0 fully saturated rings. The Kier molecular flexibility index (Phi) is 5.51. The van der Waals surface area contributed by atoms with Crippen LogP contribution < -0.4 is 0 Å². The summed E-state index contributed by atoms with van der Waals surface area (Å²) in [6.07, 6.45) is 0.0418. The minimum Gasteiger partial charge on any atom is -0.392 e. The number of Topliss-reactive ketones (excluding diaryl/α,β-unsaturated/α-hetero) is 1. The summed E-state index contributed by atoms with van der Waals surface area (Å²) in [5.41, 5.74) is 1.11. The van der Waals surface area contributed by atoms with Crippen molar-refractivity contribution in [1.29, 1.82) is 0 Å². The molecule has 0 aromatic heterocycles. The van der Waals surface area contributed by atoms with Gasteiger partial charge in [0, 0.05) is 11.3 Å². The molecule has 4 heteroatoms. The fourth-order valence-corrected chi connectivity index (χ4v) is 2.56. The zero-order valence-electron chi connectivity index (χ0n) is 10.2. The standard InChI is InChI=1S/C13H18O3S/c1-10-3-7-13(8-4-10)17(16)9-12(15)6-5-11(2)14/h3-4,7-8,12,15H,5-6,9H2,1-2H3/t12-,17+/m1/s1. The van der Waals surface area contributed by atoms with Crippen LogP contribution in [0.15, 0.2) is 29.2 Å². The van der Waals surface area contributed by atoms with E-state index >= 15 is 0 Å². The number of hydrogen-bond donors (Lipinski definition) is 1. The van der Waals surface area contributed by atoms with Crippen molar-refractivity contribution in [1.82, 2.24) is 0 Å². The van der Waals surface area contributed by atoms with Crippen molar-refractivity contribution in [3.63, 3.8) is 0 Å². The maximum absolute atomic E-state index is 11.9. The average Bonchev–Trinajstić information content (AvgIpc) is 2.27. The molecule has 0 heterocycles. The molecule has 17 heavy (non-hydrogen) atoms. The zero-order valence-corrected chi connectivity index (χ0v) is 11.0. The van der Waals surface area contributed by atoms with Gasteiger partial charge >= 0.3 is 0 Å². The van der Waals surface area contributed by atoms with E-state index in [1.807, 2.05) is 31.2 Å². The van der Waals surface area contributed by atoms with Crippen molar-refractivity contribution in [2.24, 2.45) is 0 Å². The molecule has 0 bridgehead atoms. The maximum atomic E-state index is 11.9. The predicted molar refractivity (Wildman–Crippen MR) is 68.4 cm³/mol. The van der Waals surface area contributed by atoms with Gasteiger partial charge in [0.25, 0.3) is 0 Å². The van der Waals surface area contributed by atoms with Crippen LogP contribution >= 0.6 is 0 Å². The van der Waals surface area contributed by atoms with E-state index in [0.29, 0.717) is 12.8 Å². The molecule has 0 radical (unpaired) electrons. The van der Waals surface area contributed by atoms with Crippen LogP contribution in [0.2, 0.25) is 0 Å². The van der Waals surface area contributed by atoms with Crippen LogP contribution in [-0.2, 0) is 15.6 Å². The Morgan fingerprint density at radius 3 is 2.47 bits per heavy atom. The van der Waals surface area contributed by atoms with E-state index in [1.165, 1.54) is 6.92 Å². The smallest absolute Gasteiger partial charge is 0.129 e. The van der Waals surface area contributed by atoms with E-state index in [9.17, 15) is 14.1 Å². The van der Waals surface area contributed by atoms with Gasteiger partial charge in [-0.2, -0.15) is 0 Å². The molecule has 0 saturated heterocycles. The van der Waals surface area contributed by atoms with Crippen molar-refractivity contribution in [2.75, 3.05) is 5.75 Å². The minimum absolute atomic E-state index is 0.0465. The van der Waals surface area contributed by atoms with E-state index < -0.39 is 16.9 Å². The number of rotatable bonds is 6. The highest BCUT2D eigenvalue weighted by Crippen LogP contribution is 2.11. The van der Waals surface area contributed by atoms with Crippen molar-refractivity contribution < 1.29 is 14.1 Å². The lowest BCUT2D eigenvalue weighted by molar-refractivity contribution is -0.117. The van der Waals surface area contributed by atoms with Gasteiger partial charge in [0.2, 0.25) is 0 Å². The summed E-state index contributed by atoms with van der Waals surface area (Å²) < 4.78 is 11.9. The van der Waals surface area contributed by atoms with Gasteiger partial charge < -0.3 is 9.90 Å². The number of carbonyl (C=O) groups is 1. The van der Waals surface area contributed by atoms with Crippen molar-refractivity contribution >= 4 is 16.6 Å². The van der Waals surface area contributed by atoms with E-state index in [2.05, 4.69) is 0 Å². The Morgan fingerprint density at radius 1 is 1.35 bits per heavy atom. The monoisotopic (exact) mass is 254 g/mol. The second-order valence-electron chi connectivity index (χ2n) is 4.22. The largest absolute Gasteiger partial charge is 0.392 e. The fraction of sp³-hybridized carbons (Fsp3) is 0.462. The van der Waals surface area contributed by atoms with Crippen molar-refractivity contribution in [3.8, 4) is 0 Å². The lowest BCUT2D eigenvalue weighted by Gasteiger charge is -2.09. The number of aliphatic hydroxyl groups is 1. The minimum atomic E-state index is -1.20. The first kappa shape index (κ1) is 14.1. The van der Waals surface area contributed by atoms with Crippen LogP contribution in [0.25, 0.3) is 0 Å². The summed E-state index contributed by atoms with van der Waals surface area (Å²) in [6, 6.07) is 7.41. The summed E-state index contributed by atoms with van der Waals surface area (Å²) in [7, 11) is -1.20. The molecular weight excluding hydrogens is 236 g/mol. The first-order valence-electron chi connectivity index (χ1n) is 5.61. The van der Waals surface area contributed by atoms with Crippen LogP contribution in [0.5, 0.6) is 0 Å². The first-order valence-corrected chi connectivity index (χ1v) is 6.93. The molecule has 0 aliphatic rings. The van der Waals surface area contributed by atoms with Gasteiger partial charge in [-0.15, -0.1) is 0 Å². The molecule has 3 nitrogen and oxygen atoms in total. The van der Waals surface area contributed by atoms with Gasteiger partial charge in [-0.1, -0.05) is 17.7 Å². The molecule has 1 aromatic carbocycles. The number of aryl methyl sites for hydroxylation is 1. The topological polar surface area (TPSA) is 54.4 Å². The SMILES string of the molecule is CC(=O)CC[C@@H](O)C[S@](=O)c1ccc(C)cc1. The number of benzene rings is 1. The lowest BCUT2D eigenvalue weighted by atomic mass is 10.2. The van der Waals surface area contributed by atoms with Crippen molar-refractivity contribution in [3.05, 3.63) is 29.8 Å². The van der Waals surface area contributed by atoms with Gasteiger partial charge in [0.05, 0.1) is 22.7 Å². The Balaban J connectivity index is 2.48. The summed E-state index contributed by atoms with van der Waals surface area (Å²) in [6.45, 7) is 3.46. The molecule has 0 spiro atoms. The summed E-state index contributed by atoms with van der Waals surface area (Å²) in [4.78, 5) is 11.5. The average molecular weight is 254 g/mol. The fourth-order valence-electron chi connectivity index (χ4n) is 1.41. The summed E-state index contributed by atoms with van der Waals surface area (Å²) in [5.74, 6) is 0.237. The molecule has 1 N–H and O–H groups in total. The highest BCUT2D eigenvalue weighted by atomic mass is 32.2. The van der Waals surface area contributed by atoms with Crippen LogP contribution in [0, 0.1) is 6.92 Å². The van der Waals surface area contributed by atoms with E-state index in [4.69, 9.17) is 0 Å². The third-order valence-corrected chi connectivity index (χ3v) is 3.94. The Morgan fingerprint density at radius 2 is 1.94 bits per heavy atom. The summed E-state index contributed by atoms with van der Waals surface area (Å²) in [5, 5.41) is 9.64. The van der Waals surface area contributed by atoms with E-state index in [1.54, 1.807) is 0 Å². The molecule has 1 aromatic rings. The van der Waals surface area contributed by atoms with Gasteiger partial charge in [-0.05, 0) is 32.4 Å². The maximum Gasteiger partial charge on any atom is 0.129 e. The zero-order chi connectivity index (χ0) is 12.8. The second kappa shape index (κ2) is 6.67. The molecular formula is C13H18O3S. The van der Waals surface area contributed by atoms with E-state index in [-0.39, 0.29) is 11.5 Å². The Hall–Kier alpha value is -1.00. The normalized spacial score (nSPS) is 14.3. The van der Waals surface area contributed by atoms with Gasteiger partial charge in [0.15, 0.2) is 0 Å². The third-order valence-electron chi connectivity index (χ3n) is 2.46. The van der Waals surface area contributed by atoms with Gasteiger partial charge in [0.1, 0.15) is 5.78 Å².